The first-order valence-electron chi connectivity index (χ1n) is 8.35. The van der Waals surface area contributed by atoms with E-state index in [9.17, 15) is 28.0 Å². The third kappa shape index (κ3) is 3.88. The summed E-state index contributed by atoms with van der Waals surface area (Å²) in [7, 11) is 0. The number of nitrogens with one attached hydrogen (secondary N) is 2. The third-order valence-corrected chi connectivity index (χ3v) is 4.56. The largest absolute Gasteiger partial charge is 0.454 e. The Labute approximate surface area is 152 Å². The Hall–Kier alpha value is -3.04. The van der Waals surface area contributed by atoms with Crippen LogP contribution in [0.1, 0.15) is 25.7 Å². The molecule has 4 amide bonds. The normalized spacial score (nSPS) is 17.9. The number of imide groups is 1. The quantitative estimate of drug-likeness (QED) is 0.591. The predicted molar refractivity (Wildman–Crippen MR) is 87.4 cm³/mol. The van der Waals surface area contributed by atoms with Crippen molar-refractivity contribution in [2.24, 2.45) is 0 Å². The first-order valence-corrected chi connectivity index (χ1v) is 8.35. The van der Waals surface area contributed by atoms with Crippen LogP contribution in [0.3, 0.4) is 0 Å². The number of carbonyl (C=O) groups excluding carboxylic acids is 4. The van der Waals surface area contributed by atoms with Gasteiger partial charge in [-0.1, -0.05) is 12.8 Å². The molecule has 1 aromatic carbocycles. The van der Waals surface area contributed by atoms with E-state index in [1.54, 1.807) is 0 Å². The van der Waals surface area contributed by atoms with Crippen molar-refractivity contribution in [3.05, 3.63) is 29.8 Å². The van der Waals surface area contributed by atoms with Crippen molar-refractivity contribution in [2.45, 2.75) is 31.2 Å². The number of amides is 4. The molecule has 144 valence electrons. The van der Waals surface area contributed by atoms with Gasteiger partial charge in [-0.3, -0.25) is 19.3 Å². The van der Waals surface area contributed by atoms with Gasteiger partial charge in [-0.25, -0.2) is 13.6 Å². The molecule has 2 aliphatic rings. The molecule has 0 bridgehead atoms. The van der Waals surface area contributed by atoms with Gasteiger partial charge in [-0.2, -0.15) is 0 Å². The SMILES string of the molecule is O=C(COC(=O)CN1C(=O)NC2(CCCC2)C1=O)Nc1ccc(F)c(F)c1. The van der Waals surface area contributed by atoms with Crippen molar-refractivity contribution in [3.8, 4) is 0 Å². The van der Waals surface area contributed by atoms with Crippen LogP contribution in [0.5, 0.6) is 0 Å². The molecule has 1 aliphatic heterocycles. The van der Waals surface area contributed by atoms with Crippen LogP contribution >= 0.6 is 0 Å². The molecule has 1 saturated carbocycles. The van der Waals surface area contributed by atoms with Crippen LogP contribution in [0.15, 0.2) is 18.2 Å². The van der Waals surface area contributed by atoms with Crippen molar-refractivity contribution in [1.82, 2.24) is 10.2 Å². The molecule has 0 atom stereocenters. The number of esters is 1. The number of ether oxygens (including phenoxy) is 1. The van der Waals surface area contributed by atoms with Gasteiger partial charge in [0.2, 0.25) is 0 Å². The monoisotopic (exact) mass is 381 g/mol. The van der Waals surface area contributed by atoms with Crippen LogP contribution in [0.4, 0.5) is 19.3 Å². The first kappa shape index (κ1) is 18.7. The average molecular weight is 381 g/mol. The molecular weight excluding hydrogens is 364 g/mol. The lowest BCUT2D eigenvalue weighted by atomic mass is 9.98. The minimum atomic E-state index is -1.14. The summed E-state index contributed by atoms with van der Waals surface area (Å²) in [5.74, 6) is -4.38. The highest BCUT2D eigenvalue weighted by Gasteiger charge is 2.52. The van der Waals surface area contributed by atoms with E-state index in [0.29, 0.717) is 12.8 Å². The summed E-state index contributed by atoms with van der Waals surface area (Å²) in [5.41, 5.74) is -0.936. The van der Waals surface area contributed by atoms with E-state index in [4.69, 9.17) is 4.74 Å². The van der Waals surface area contributed by atoms with E-state index < -0.39 is 54.1 Å². The molecule has 10 heteroatoms. The fourth-order valence-corrected chi connectivity index (χ4v) is 3.23. The molecule has 1 heterocycles. The number of hydrogen-bond donors (Lipinski definition) is 2. The third-order valence-electron chi connectivity index (χ3n) is 4.56. The number of halogens is 2. The fourth-order valence-electron chi connectivity index (χ4n) is 3.23. The predicted octanol–water partition coefficient (Wildman–Crippen LogP) is 1.31. The second-order valence-corrected chi connectivity index (χ2v) is 6.45. The van der Waals surface area contributed by atoms with Crippen LogP contribution in [0.2, 0.25) is 0 Å². The maximum Gasteiger partial charge on any atom is 0.326 e. The molecule has 1 spiro atoms. The van der Waals surface area contributed by atoms with Crippen LogP contribution in [-0.2, 0) is 19.1 Å². The molecule has 0 radical (unpaired) electrons. The van der Waals surface area contributed by atoms with Gasteiger partial charge < -0.3 is 15.4 Å². The maximum absolute atomic E-state index is 13.1. The Morgan fingerprint density at radius 3 is 2.56 bits per heavy atom. The lowest BCUT2D eigenvalue weighted by Crippen LogP contribution is -2.44. The number of benzene rings is 1. The zero-order valence-corrected chi connectivity index (χ0v) is 14.2. The molecule has 2 fully saturated rings. The molecule has 2 N–H and O–H groups in total. The van der Waals surface area contributed by atoms with Gasteiger partial charge in [0.05, 0.1) is 0 Å². The van der Waals surface area contributed by atoms with Gasteiger partial charge in [-0.05, 0) is 25.0 Å². The summed E-state index contributed by atoms with van der Waals surface area (Å²) in [4.78, 5) is 48.7. The topological polar surface area (TPSA) is 105 Å². The van der Waals surface area contributed by atoms with Crippen LogP contribution < -0.4 is 10.6 Å². The Kier molecular flexibility index (Phi) is 5.06. The summed E-state index contributed by atoms with van der Waals surface area (Å²) in [6.07, 6.45) is 2.68. The zero-order chi connectivity index (χ0) is 19.6. The molecule has 27 heavy (non-hydrogen) atoms. The lowest BCUT2D eigenvalue weighted by Gasteiger charge is -2.19. The molecule has 0 unspecified atom stereocenters. The van der Waals surface area contributed by atoms with E-state index in [1.807, 2.05) is 0 Å². The molecular formula is C17H17F2N3O5. The summed E-state index contributed by atoms with van der Waals surface area (Å²) < 4.78 is 30.7. The number of anilines is 1. The number of nitrogens with zero attached hydrogens (tertiary/aromatic N) is 1. The standard InChI is InChI=1S/C17H17F2N3O5/c18-11-4-3-10(7-12(11)19)20-13(23)9-27-14(24)8-22-15(25)17(21-16(22)26)5-1-2-6-17/h3-4,7H,1-2,5-6,8-9H2,(H,20,23)(H,21,26). The maximum atomic E-state index is 13.1. The number of rotatable bonds is 5. The van der Waals surface area contributed by atoms with Gasteiger partial charge in [0.15, 0.2) is 18.2 Å². The highest BCUT2D eigenvalue weighted by atomic mass is 19.2. The molecule has 8 nitrogen and oxygen atoms in total. The molecule has 3 rings (SSSR count). The second-order valence-electron chi connectivity index (χ2n) is 6.45. The Morgan fingerprint density at radius 2 is 1.89 bits per heavy atom. The second kappa shape index (κ2) is 7.29. The van der Waals surface area contributed by atoms with Crippen molar-refractivity contribution in [1.29, 1.82) is 0 Å². The van der Waals surface area contributed by atoms with Gasteiger partial charge >= 0.3 is 12.0 Å². The van der Waals surface area contributed by atoms with Crippen LogP contribution in [0.25, 0.3) is 0 Å². The minimum absolute atomic E-state index is 0.00720. The van der Waals surface area contributed by atoms with Crippen molar-refractivity contribution >= 4 is 29.5 Å². The number of urea groups is 1. The summed E-state index contributed by atoms with van der Waals surface area (Å²) >= 11 is 0. The van der Waals surface area contributed by atoms with Gasteiger partial charge in [0, 0.05) is 11.8 Å². The highest BCUT2D eigenvalue weighted by molar-refractivity contribution is 6.09. The van der Waals surface area contributed by atoms with Gasteiger partial charge in [0.25, 0.3) is 11.8 Å². The van der Waals surface area contributed by atoms with E-state index in [2.05, 4.69) is 10.6 Å². The fraction of sp³-hybridized carbons (Fsp3) is 0.412. The van der Waals surface area contributed by atoms with E-state index in [1.165, 1.54) is 0 Å². The van der Waals surface area contributed by atoms with E-state index in [-0.39, 0.29) is 5.69 Å². The van der Waals surface area contributed by atoms with Gasteiger partial charge in [0.1, 0.15) is 12.1 Å². The number of carbonyl (C=O) groups is 4. The van der Waals surface area contributed by atoms with Crippen molar-refractivity contribution < 1.29 is 32.7 Å². The summed E-state index contributed by atoms with van der Waals surface area (Å²) in [6, 6.07) is 2.11. The summed E-state index contributed by atoms with van der Waals surface area (Å²) in [5, 5.41) is 4.86. The minimum Gasteiger partial charge on any atom is -0.454 e. The molecule has 1 aromatic rings. The molecule has 1 saturated heterocycles. The molecule has 1 aliphatic carbocycles. The van der Waals surface area contributed by atoms with Crippen molar-refractivity contribution in [3.63, 3.8) is 0 Å². The van der Waals surface area contributed by atoms with Crippen LogP contribution in [-0.4, -0.2) is 47.4 Å². The Balaban J connectivity index is 1.49. The van der Waals surface area contributed by atoms with Crippen molar-refractivity contribution in [2.75, 3.05) is 18.5 Å². The molecule has 0 aromatic heterocycles. The highest BCUT2D eigenvalue weighted by Crippen LogP contribution is 2.34. The smallest absolute Gasteiger partial charge is 0.326 e. The van der Waals surface area contributed by atoms with E-state index in [0.717, 1.165) is 35.9 Å². The first-order chi connectivity index (χ1) is 12.8. The summed E-state index contributed by atoms with van der Waals surface area (Å²) in [6.45, 7) is -1.31. The van der Waals surface area contributed by atoms with Gasteiger partial charge in [-0.15, -0.1) is 0 Å². The lowest BCUT2D eigenvalue weighted by molar-refractivity contribution is -0.150. The Bertz CT molecular complexity index is 808. The van der Waals surface area contributed by atoms with E-state index >= 15 is 0 Å². The number of hydrogen-bond acceptors (Lipinski definition) is 5. The van der Waals surface area contributed by atoms with Crippen LogP contribution in [0, 0.1) is 11.6 Å². The zero-order valence-electron chi connectivity index (χ0n) is 14.2. The Morgan fingerprint density at radius 1 is 1.19 bits per heavy atom. The average Bonchev–Trinajstić information content (AvgIpc) is 3.17.